The Kier molecular flexibility index (Phi) is 4.84. The lowest BCUT2D eigenvalue weighted by Crippen LogP contribution is -2.54. The molecule has 0 aromatic heterocycles. The third-order valence-corrected chi connectivity index (χ3v) is 5.91. The van der Waals surface area contributed by atoms with Crippen LogP contribution >= 0.6 is 0 Å². The highest BCUT2D eigenvalue weighted by atomic mass is 16.5. The number of nitrogens with zero attached hydrogens (tertiary/aromatic N) is 1. The Morgan fingerprint density at radius 3 is 2.64 bits per heavy atom. The van der Waals surface area contributed by atoms with Crippen molar-refractivity contribution in [2.45, 2.75) is 38.7 Å². The van der Waals surface area contributed by atoms with Crippen LogP contribution in [0.1, 0.15) is 39.9 Å². The van der Waals surface area contributed by atoms with Gasteiger partial charge in [-0.1, -0.05) is 35.9 Å². The molecular formula is C23H26N2O3. The molecule has 0 saturated carbocycles. The fraction of sp³-hybridized carbons (Fsp3) is 0.391. The van der Waals surface area contributed by atoms with Crippen LogP contribution in [0.5, 0.6) is 5.75 Å². The quantitative estimate of drug-likeness (QED) is 0.874. The van der Waals surface area contributed by atoms with Crippen molar-refractivity contribution >= 4 is 11.8 Å². The molecule has 0 radical (unpaired) electrons. The van der Waals surface area contributed by atoms with Crippen molar-refractivity contribution in [1.82, 2.24) is 10.2 Å². The number of nitrogens with one attached hydrogen (secondary N) is 1. The van der Waals surface area contributed by atoms with Crippen molar-refractivity contribution in [3.05, 3.63) is 64.7 Å². The van der Waals surface area contributed by atoms with Gasteiger partial charge in [-0.25, -0.2) is 0 Å². The molecule has 4 rings (SSSR count). The van der Waals surface area contributed by atoms with Crippen LogP contribution in [0.2, 0.25) is 0 Å². The summed E-state index contributed by atoms with van der Waals surface area (Å²) in [4.78, 5) is 27.1. The average Bonchev–Trinajstić information content (AvgIpc) is 2.82. The molecule has 1 spiro atoms. The number of aryl methyl sites for hydroxylation is 2. The number of piperidine rings is 1. The summed E-state index contributed by atoms with van der Waals surface area (Å²) in [5.41, 5.74) is 3.40. The van der Waals surface area contributed by atoms with E-state index in [1.807, 2.05) is 61.2 Å². The maximum absolute atomic E-state index is 12.8. The van der Waals surface area contributed by atoms with Crippen LogP contribution in [0.25, 0.3) is 0 Å². The summed E-state index contributed by atoms with van der Waals surface area (Å²) < 4.78 is 6.35. The Balaban J connectivity index is 1.44. The van der Waals surface area contributed by atoms with E-state index in [2.05, 4.69) is 5.32 Å². The van der Waals surface area contributed by atoms with Gasteiger partial charge in [0.1, 0.15) is 11.4 Å². The summed E-state index contributed by atoms with van der Waals surface area (Å²) in [6.07, 6.45) is 1.85. The van der Waals surface area contributed by atoms with Gasteiger partial charge in [0.2, 0.25) is 5.91 Å². The maximum Gasteiger partial charge on any atom is 0.255 e. The van der Waals surface area contributed by atoms with E-state index in [9.17, 15) is 9.59 Å². The Hall–Kier alpha value is -2.82. The highest BCUT2D eigenvalue weighted by Crippen LogP contribution is 2.33. The van der Waals surface area contributed by atoms with Gasteiger partial charge < -0.3 is 15.0 Å². The molecule has 2 amide bonds. The van der Waals surface area contributed by atoms with Gasteiger partial charge in [0.05, 0.1) is 18.5 Å². The zero-order valence-electron chi connectivity index (χ0n) is 16.5. The summed E-state index contributed by atoms with van der Waals surface area (Å²) in [5, 5.41) is 3.01. The molecule has 2 heterocycles. The molecule has 1 saturated heterocycles. The van der Waals surface area contributed by atoms with Gasteiger partial charge in [0.25, 0.3) is 5.91 Å². The van der Waals surface area contributed by atoms with Crippen molar-refractivity contribution in [3.63, 3.8) is 0 Å². The van der Waals surface area contributed by atoms with Gasteiger partial charge >= 0.3 is 0 Å². The van der Waals surface area contributed by atoms with Gasteiger partial charge in [-0.05, 0) is 37.1 Å². The molecule has 2 aliphatic heterocycles. The number of hydrogen-bond donors (Lipinski definition) is 1. The lowest BCUT2D eigenvalue weighted by Gasteiger charge is -2.41. The van der Waals surface area contributed by atoms with Crippen molar-refractivity contribution in [2.24, 2.45) is 0 Å². The van der Waals surface area contributed by atoms with E-state index in [1.54, 1.807) is 0 Å². The molecule has 2 aromatic carbocycles. The lowest BCUT2D eigenvalue weighted by molar-refractivity contribution is -0.133. The molecule has 2 aliphatic rings. The second kappa shape index (κ2) is 7.30. The number of fused-ring (bicyclic) bond motifs is 1. The van der Waals surface area contributed by atoms with Crippen LogP contribution in [0.3, 0.4) is 0 Å². The zero-order chi connectivity index (χ0) is 19.7. The standard InChI is InChI=1S/C23H26N2O3/c1-16-7-8-20-19(13-16)22(27)24-15-23(28-20)9-11-25(12-10-23)21(26)14-18-6-4-3-5-17(18)2/h3-8,13H,9-12,14-15H2,1-2H3,(H,24,27). The molecule has 0 aliphatic carbocycles. The first kappa shape index (κ1) is 18.5. The Labute approximate surface area is 165 Å². The van der Waals surface area contributed by atoms with Crippen LogP contribution in [-0.4, -0.2) is 41.9 Å². The Morgan fingerprint density at radius 1 is 1.14 bits per heavy atom. The number of likely N-dealkylation sites (tertiary alicyclic amines) is 1. The number of benzene rings is 2. The third kappa shape index (κ3) is 3.61. The van der Waals surface area contributed by atoms with E-state index in [0.717, 1.165) is 16.7 Å². The average molecular weight is 378 g/mol. The highest BCUT2D eigenvalue weighted by molar-refractivity contribution is 5.97. The molecule has 146 valence electrons. The van der Waals surface area contributed by atoms with Gasteiger partial charge in [0.15, 0.2) is 0 Å². The summed E-state index contributed by atoms with van der Waals surface area (Å²) in [5.74, 6) is 0.701. The molecule has 0 bridgehead atoms. The zero-order valence-corrected chi connectivity index (χ0v) is 16.5. The number of carbonyl (C=O) groups excluding carboxylic acids is 2. The van der Waals surface area contributed by atoms with E-state index in [0.29, 0.717) is 50.2 Å². The summed E-state index contributed by atoms with van der Waals surface area (Å²) in [6.45, 7) is 5.75. The molecule has 0 atom stereocenters. The fourth-order valence-corrected chi connectivity index (χ4v) is 4.04. The number of amides is 2. The topological polar surface area (TPSA) is 58.6 Å². The van der Waals surface area contributed by atoms with Crippen LogP contribution in [0, 0.1) is 13.8 Å². The van der Waals surface area contributed by atoms with E-state index < -0.39 is 5.60 Å². The first-order valence-corrected chi connectivity index (χ1v) is 9.86. The van der Waals surface area contributed by atoms with Crippen molar-refractivity contribution in [3.8, 4) is 5.75 Å². The van der Waals surface area contributed by atoms with E-state index in [-0.39, 0.29) is 11.8 Å². The minimum Gasteiger partial charge on any atom is -0.484 e. The summed E-state index contributed by atoms with van der Waals surface area (Å²) >= 11 is 0. The second-order valence-electron chi connectivity index (χ2n) is 7.95. The highest BCUT2D eigenvalue weighted by Gasteiger charge is 2.40. The molecular weight excluding hydrogens is 352 g/mol. The van der Waals surface area contributed by atoms with Crippen LogP contribution in [0.4, 0.5) is 0 Å². The Bertz CT molecular complexity index is 914. The largest absolute Gasteiger partial charge is 0.484 e. The molecule has 2 aromatic rings. The predicted octanol–water partition coefficient (Wildman–Crippen LogP) is 3.03. The van der Waals surface area contributed by atoms with Gasteiger partial charge in [0, 0.05) is 25.9 Å². The Morgan fingerprint density at radius 2 is 1.89 bits per heavy atom. The minimum atomic E-state index is -0.449. The SMILES string of the molecule is Cc1ccc2c(c1)C(=O)NCC1(CCN(C(=O)Cc3ccccc3C)CC1)O2. The second-order valence-corrected chi connectivity index (χ2v) is 7.95. The fourth-order valence-electron chi connectivity index (χ4n) is 4.04. The number of rotatable bonds is 2. The molecule has 28 heavy (non-hydrogen) atoms. The monoisotopic (exact) mass is 378 g/mol. The van der Waals surface area contributed by atoms with Crippen LogP contribution in [-0.2, 0) is 11.2 Å². The van der Waals surface area contributed by atoms with Crippen LogP contribution < -0.4 is 10.1 Å². The van der Waals surface area contributed by atoms with Gasteiger partial charge in [-0.3, -0.25) is 9.59 Å². The molecule has 5 heteroatoms. The van der Waals surface area contributed by atoms with Crippen LogP contribution in [0.15, 0.2) is 42.5 Å². The minimum absolute atomic E-state index is 0.0892. The normalized spacial score (nSPS) is 18.1. The third-order valence-electron chi connectivity index (χ3n) is 5.91. The first-order chi connectivity index (χ1) is 13.5. The molecule has 0 unspecified atom stereocenters. The smallest absolute Gasteiger partial charge is 0.255 e. The number of carbonyl (C=O) groups is 2. The predicted molar refractivity (Wildman–Crippen MR) is 108 cm³/mol. The summed E-state index contributed by atoms with van der Waals surface area (Å²) in [6, 6.07) is 13.7. The lowest BCUT2D eigenvalue weighted by atomic mass is 9.90. The number of ether oxygens (including phenoxy) is 1. The van der Waals surface area contributed by atoms with Crippen molar-refractivity contribution < 1.29 is 14.3 Å². The van der Waals surface area contributed by atoms with Gasteiger partial charge in [-0.15, -0.1) is 0 Å². The van der Waals surface area contributed by atoms with E-state index in [1.165, 1.54) is 0 Å². The van der Waals surface area contributed by atoms with Gasteiger partial charge in [-0.2, -0.15) is 0 Å². The number of hydrogen-bond acceptors (Lipinski definition) is 3. The molecule has 5 nitrogen and oxygen atoms in total. The summed E-state index contributed by atoms with van der Waals surface area (Å²) in [7, 11) is 0. The molecule has 1 fully saturated rings. The molecule has 1 N–H and O–H groups in total. The maximum atomic E-state index is 12.8. The van der Waals surface area contributed by atoms with Crippen molar-refractivity contribution in [2.75, 3.05) is 19.6 Å². The first-order valence-electron chi connectivity index (χ1n) is 9.86. The van der Waals surface area contributed by atoms with E-state index >= 15 is 0 Å². The van der Waals surface area contributed by atoms with Crippen molar-refractivity contribution in [1.29, 1.82) is 0 Å². The van der Waals surface area contributed by atoms with E-state index in [4.69, 9.17) is 4.74 Å².